The molecule has 0 saturated carbocycles. The lowest BCUT2D eigenvalue weighted by molar-refractivity contribution is 0.660. The molecule has 0 amide bonds. The molecule has 0 atom stereocenters. The highest BCUT2D eigenvalue weighted by Crippen LogP contribution is 2.56. The van der Waals surface area contributed by atoms with E-state index in [1.807, 2.05) is 11.8 Å². The van der Waals surface area contributed by atoms with Crippen LogP contribution in [0.4, 0.5) is 34.1 Å². The highest BCUT2D eigenvalue weighted by molar-refractivity contribution is 8.00. The summed E-state index contributed by atoms with van der Waals surface area (Å²) in [7, 11) is 0. The molecule has 1 aliphatic carbocycles. The molecule has 1 aromatic heterocycles. The number of hydrogen-bond acceptors (Lipinski definition) is 3. The van der Waals surface area contributed by atoms with E-state index in [1.54, 1.807) is 0 Å². The van der Waals surface area contributed by atoms with E-state index in [1.165, 1.54) is 82.0 Å². The van der Waals surface area contributed by atoms with Crippen molar-refractivity contribution in [1.29, 1.82) is 0 Å². The topological polar surface area (TPSA) is 11.4 Å². The number of nitrogens with zero attached hydrogens (tertiary/aromatic N) is 3. The fourth-order valence-corrected chi connectivity index (χ4v) is 11.1. The molecule has 0 bridgehead atoms. The first-order valence-corrected chi connectivity index (χ1v) is 21.8. The molecule has 0 radical (unpaired) electrons. The first kappa shape index (κ1) is 35.7. The van der Waals surface area contributed by atoms with Gasteiger partial charge in [-0.15, -0.1) is 0 Å². The largest absolute Gasteiger partial charge is 0.310 e. The van der Waals surface area contributed by atoms with Crippen LogP contribution in [-0.2, 0) is 5.41 Å². The molecule has 0 fully saturated rings. The second-order valence-corrected chi connectivity index (χ2v) is 17.6. The Balaban J connectivity index is 1.00. The lowest BCUT2D eigenvalue weighted by atomic mass is 9.82. The number of hydrogen-bond donors (Lipinski definition) is 0. The van der Waals surface area contributed by atoms with Crippen molar-refractivity contribution in [2.24, 2.45) is 0 Å². The molecule has 1 aliphatic heterocycles. The molecule has 12 rings (SSSR count). The Morgan fingerprint density at radius 2 is 1.02 bits per heavy atom. The molecular weight excluding hydrogens is 759 g/mol. The first-order valence-electron chi connectivity index (χ1n) is 21.0. The van der Waals surface area contributed by atoms with Gasteiger partial charge in [0.15, 0.2) is 0 Å². The molecule has 290 valence electrons. The van der Waals surface area contributed by atoms with Crippen LogP contribution in [0.3, 0.4) is 0 Å². The smallest absolute Gasteiger partial charge is 0.0607 e. The van der Waals surface area contributed by atoms with Crippen LogP contribution in [0, 0.1) is 0 Å². The Morgan fingerprint density at radius 1 is 0.443 bits per heavy atom. The van der Waals surface area contributed by atoms with Crippen molar-refractivity contribution in [3.8, 4) is 27.9 Å². The highest BCUT2D eigenvalue weighted by atomic mass is 32.2. The molecule has 10 aromatic rings. The van der Waals surface area contributed by atoms with E-state index in [0.29, 0.717) is 0 Å². The summed E-state index contributed by atoms with van der Waals surface area (Å²) in [6.45, 7) is 4.72. The number of fused-ring (bicyclic) bond motifs is 8. The number of rotatable bonds is 6. The van der Waals surface area contributed by atoms with E-state index in [2.05, 4.69) is 241 Å². The standard InChI is InChI=1S/C57H41N3S/c1-57(2)47-22-9-6-20-46(47)55-48(57)23-15-27-52(55)58(41-34-36-42(37-35-41)59-49-24-10-7-18-44(49)45-19-8-11-25-50(45)59)40-32-30-38(31-33-40)43-21-14-28-53-56(43)61-54-29-13-12-26-51(54)60(53)39-16-4-3-5-17-39/h3-37H,1-2H3. The molecule has 9 aromatic carbocycles. The summed E-state index contributed by atoms with van der Waals surface area (Å²) in [5, 5.41) is 2.53. The van der Waals surface area contributed by atoms with Gasteiger partial charge in [-0.05, 0) is 113 Å². The van der Waals surface area contributed by atoms with Gasteiger partial charge in [0, 0.05) is 54.3 Å². The molecule has 2 aliphatic rings. The zero-order chi connectivity index (χ0) is 40.7. The second-order valence-electron chi connectivity index (χ2n) is 16.5. The van der Waals surface area contributed by atoms with Crippen LogP contribution < -0.4 is 9.80 Å². The van der Waals surface area contributed by atoms with Gasteiger partial charge in [0.1, 0.15) is 0 Å². The maximum absolute atomic E-state index is 2.46. The summed E-state index contributed by atoms with van der Waals surface area (Å²) in [6.07, 6.45) is 0. The van der Waals surface area contributed by atoms with Crippen LogP contribution >= 0.6 is 11.8 Å². The molecule has 3 nitrogen and oxygen atoms in total. The van der Waals surface area contributed by atoms with Crippen molar-refractivity contribution in [2.45, 2.75) is 29.1 Å². The predicted molar refractivity (Wildman–Crippen MR) is 257 cm³/mol. The Morgan fingerprint density at radius 3 is 1.77 bits per heavy atom. The van der Waals surface area contributed by atoms with Gasteiger partial charge in [0.2, 0.25) is 0 Å². The average Bonchev–Trinajstić information content (AvgIpc) is 3.77. The maximum Gasteiger partial charge on any atom is 0.0607 e. The lowest BCUT2D eigenvalue weighted by Crippen LogP contribution is -2.16. The van der Waals surface area contributed by atoms with Gasteiger partial charge in [-0.3, -0.25) is 0 Å². The SMILES string of the molecule is CC1(C)c2ccccc2-c2c(N(c3ccc(-c4cccc5c4Sc4ccccc4N5c4ccccc4)cc3)c3ccc(-n4c5ccccc5c5ccccc54)cc3)cccc21. The van der Waals surface area contributed by atoms with Crippen molar-refractivity contribution in [3.05, 3.63) is 223 Å². The number of benzene rings is 9. The van der Waals surface area contributed by atoms with Crippen molar-refractivity contribution in [3.63, 3.8) is 0 Å². The van der Waals surface area contributed by atoms with Gasteiger partial charge >= 0.3 is 0 Å². The fraction of sp³-hybridized carbons (Fsp3) is 0.0526. The Labute approximate surface area is 360 Å². The van der Waals surface area contributed by atoms with Gasteiger partial charge < -0.3 is 14.4 Å². The van der Waals surface area contributed by atoms with E-state index in [4.69, 9.17) is 0 Å². The molecule has 0 N–H and O–H groups in total. The van der Waals surface area contributed by atoms with Gasteiger partial charge in [-0.25, -0.2) is 0 Å². The molecule has 0 saturated heterocycles. The molecule has 4 heteroatoms. The lowest BCUT2D eigenvalue weighted by Gasteiger charge is -2.34. The second kappa shape index (κ2) is 13.9. The van der Waals surface area contributed by atoms with E-state index in [-0.39, 0.29) is 5.41 Å². The van der Waals surface area contributed by atoms with Crippen molar-refractivity contribution >= 4 is 67.7 Å². The van der Waals surface area contributed by atoms with Crippen LogP contribution in [-0.4, -0.2) is 4.57 Å². The van der Waals surface area contributed by atoms with Gasteiger partial charge in [-0.1, -0.05) is 153 Å². The summed E-state index contributed by atoms with van der Waals surface area (Å²) < 4.78 is 2.39. The normalized spacial score (nSPS) is 13.4. The minimum atomic E-state index is -0.117. The van der Waals surface area contributed by atoms with E-state index in [9.17, 15) is 0 Å². The summed E-state index contributed by atoms with van der Waals surface area (Å²) >= 11 is 1.86. The monoisotopic (exact) mass is 799 g/mol. The zero-order valence-electron chi connectivity index (χ0n) is 34.0. The maximum atomic E-state index is 2.46. The zero-order valence-corrected chi connectivity index (χ0v) is 34.8. The summed E-state index contributed by atoms with van der Waals surface area (Å²) in [5.74, 6) is 0. The number of aromatic nitrogens is 1. The van der Waals surface area contributed by atoms with Gasteiger partial charge in [0.05, 0.1) is 28.1 Å². The first-order chi connectivity index (χ1) is 30.0. The molecule has 0 spiro atoms. The molecule has 2 heterocycles. The molecule has 61 heavy (non-hydrogen) atoms. The summed E-state index contributed by atoms with van der Waals surface area (Å²) in [4.78, 5) is 7.37. The van der Waals surface area contributed by atoms with Crippen molar-refractivity contribution in [1.82, 2.24) is 4.57 Å². The van der Waals surface area contributed by atoms with Crippen LogP contribution in [0.5, 0.6) is 0 Å². The van der Waals surface area contributed by atoms with Crippen LogP contribution in [0.2, 0.25) is 0 Å². The van der Waals surface area contributed by atoms with Crippen LogP contribution in [0.1, 0.15) is 25.0 Å². The third-order valence-electron chi connectivity index (χ3n) is 12.8. The third kappa shape index (κ3) is 5.52. The van der Waals surface area contributed by atoms with E-state index >= 15 is 0 Å². The minimum Gasteiger partial charge on any atom is -0.310 e. The van der Waals surface area contributed by atoms with E-state index < -0.39 is 0 Å². The Bertz CT molecular complexity index is 3250. The Kier molecular flexibility index (Phi) is 8.13. The number of anilines is 6. The van der Waals surface area contributed by atoms with E-state index in [0.717, 1.165) is 22.7 Å². The van der Waals surface area contributed by atoms with Gasteiger partial charge in [-0.2, -0.15) is 0 Å². The highest BCUT2D eigenvalue weighted by Gasteiger charge is 2.38. The quantitative estimate of drug-likeness (QED) is 0.166. The average molecular weight is 800 g/mol. The third-order valence-corrected chi connectivity index (χ3v) is 14.0. The molecular formula is C57H41N3S. The van der Waals surface area contributed by atoms with Crippen molar-refractivity contribution in [2.75, 3.05) is 9.80 Å². The number of para-hydroxylation sites is 4. The Hall–Kier alpha value is -7.27. The predicted octanol–water partition coefficient (Wildman–Crippen LogP) is 16.2. The minimum absolute atomic E-state index is 0.117. The van der Waals surface area contributed by atoms with Crippen LogP contribution in [0.15, 0.2) is 222 Å². The fourth-order valence-electron chi connectivity index (χ4n) is 9.95. The van der Waals surface area contributed by atoms with Crippen LogP contribution in [0.25, 0.3) is 49.7 Å². The van der Waals surface area contributed by atoms with Crippen molar-refractivity contribution < 1.29 is 0 Å². The van der Waals surface area contributed by atoms with Gasteiger partial charge in [0.25, 0.3) is 0 Å². The summed E-state index contributed by atoms with van der Waals surface area (Å²) in [5.41, 5.74) is 18.1. The molecule has 0 unspecified atom stereocenters. The summed E-state index contributed by atoms with van der Waals surface area (Å²) in [6, 6.07) is 77.8.